The molecular formula is C35H39F6N5O10S. The molecule has 3 aromatic rings. The fourth-order valence-electron chi connectivity index (χ4n) is 4.75. The molecule has 15 nitrogen and oxygen atoms in total. The van der Waals surface area contributed by atoms with Gasteiger partial charge in [-0.25, -0.2) is 27.5 Å². The molecule has 0 spiro atoms. The summed E-state index contributed by atoms with van der Waals surface area (Å²) in [5, 5.41) is 29.7. The molecule has 0 amide bonds. The zero-order chi connectivity index (χ0) is 43.1. The van der Waals surface area contributed by atoms with Crippen LogP contribution in [0, 0.1) is 10.8 Å². The fourth-order valence-corrected chi connectivity index (χ4v) is 5.97. The number of piperidine rings is 1. The van der Waals surface area contributed by atoms with Crippen LogP contribution in [0.3, 0.4) is 0 Å². The molecule has 1 aliphatic rings. The minimum absolute atomic E-state index is 0.00302. The molecule has 22 heteroatoms. The van der Waals surface area contributed by atoms with Crippen LogP contribution in [-0.2, 0) is 30.8 Å². The number of nitrogens with two attached hydrogens (primary N) is 1. The number of rotatable bonds is 12. The predicted molar refractivity (Wildman–Crippen MR) is 191 cm³/mol. The molecule has 0 aliphatic carbocycles. The molecule has 1 aliphatic heterocycles. The fraction of sp³-hybridized carbons (Fsp3) is 0.343. The van der Waals surface area contributed by atoms with Crippen LogP contribution in [0.1, 0.15) is 41.3 Å². The van der Waals surface area contributed by atoms with Crippen molar-refractivity contribution in [2.45, 2.75) is 55.6 Å². The van der Waals surface area contributed by atoms with Gasteiger partial charge >= 0.3 is 30.3 Å². The highest BCUT2D eigenvalue weighted by Gasteiger charge is 2.39. The van der Waals surface area contributed by atoms with Gasteiger partial charge in [0.25, 0.3) is 0 Å². The molecule has 1 heterocycles. The molecule has 0 unspecified atom stereocenters. The van der Waals surface area contributed by atoms with E-state index in [1.807, 2.05) is 29.2 Å². The molecular weight excluding hydrogens is 796 g/mol. The number of likely N-dealkylation sites (tertiary alicyclic amines) is 1. The molecule has 57 heavy (non-hydrogen) atoms. The Labute approximate surface area is 322 Å². The maximum atomic E-state index is 13.3. The Morgan fingerprint density at radius 1 is 0.877 bits per heavy atom. The number of aliphatic carboxylic acids is 2. The van der Waals surface area contributed by atoms with E-state index in [0.717, 1.165) is 37.2 Å². The van der Waals surface area contributed by atoms with Gasteiger partial charge in [0.1, 0.15) is 30.0 Å². The number of nitrogen functional groups attached to an aromatic ring is 1. The van der Waals surface area contributed by atoms with E-state index in [9.17, 15) is 39.6 Å². The first-order valence-electron chi connectivity index (χ1n) is 16.4. The van der Waals surface area contributed by atoms with Crippen molar-refractivity contribution < 1.29 is 73.6 Å². The minimum Gasteiger partial charge on any atom is -0.492 e. The van der Waals surface area contributed by atoms with Crippen LogP contribution >= 0.6 is 0 Å². The number of carboxylic acids is 2. The lowest BCUT2D eigenvalue weighted by Crippen LogP contribution is -2.40. The number of methoxy groups -OCH3 is 1. The van der Waals surface area contributed by atoms with E-state index in [4.69, 9.17) is 50.6 Å². The number of carbonyl (C=O) groups excluding carboxylic acids is 1. The number of amidine groups is 2. The van der Waals surface area contributed by atoms with Gasteiger partial charge in [-0.15, -0.1) is 0 Å². The minimum atomic E-state index is -5.08. The van der Waals surface area contributed by atoms with Gasteiger partial charge in [0, 0.05) is 31.5 Å². The SMILES string of the molecule is COC(=O)c1ccc(S(=O)(=O)N[C@H](COc2cccc(C(=N)N)c2)Cc2ccc(OC3CCN(C(C)=N)CC3)cc2)cc1.O=C(O)C(F)(F)F.O=C(O)C(F)(F)F. The van der Waals surface area contributed by atoms with Crippen LogP contribution in [-0.4, -0.2) is 104 Å². The normalized spacial score (nSPS) is 13.7. The Bertz CT molecular complexity index is 1930. The molecule has 1 saturated heterocycles. The van der Waals surface area contributed by atoms with Crippen molar-refractivity contribution in [3.8, 4) is 11.5 Å². The first-order chi connectivity index (χ1) is 26.4. The standard InChI is InChI=1S/C31H37N5O6S.2C2HF3O2/c1-21(32)36-16-14-27(15-17-36)42-26-10-6-22(7-11-26)18-25(20-41-28-5-3-4-24(19-28)30(33)34)35-43(38,39)29-12-8-23(9-13-29)31(37)40-2;2*3-2(4,5)1(6)7/h3-13,19,25,27,32,35H,14-18,20H2,1-2H3,(H3,33,34);2*(H,6,7)/t25-;;/m0../s1. The van der Waals surface area contributed by atoms with Crippen LogP contribution in [0.25, 0.3) is 0 Å². The van der Waals surface area contributed by atoms with Crippen molar-refractivity contribution in [2.24, 2.45) is 5.73 Å². The van der Waals surface area contributed by atoms with E-state index in [2.05, 4.69) is 4.72 Å². The molecule has 1 atom stereocenters. The average Bonchev–Trinajstić information content (AvgIpc) is 3.14. The van der Waals surface area contributed by atoms with Crippen molar-refractivity contribution in [2.75, 3.05) is 26.8 Å². The summed E-state index contributed by atoms with van der Waals surface area (Å²) >= 11 is 0. The zero-order valence-electron chi connectivity index (χ0n) is 30.2. The number of ether oxygens (including phenoxy) is 3. The van der Waals surface area contributed by atoms with E-state index in [-0.39, 0.29) is 29.0 Å². The monoisotopic (exact) mass is 835 g/mol. The van der Waals surface area contributed by atoms with Gasteiger partial charge in [0.15, 0.2) is 0 Å². The molecule has 0 aromatic heterocycles. The third kappa shape index (κ3) is 16.4. The van der Waals surface area contributed by atoms with Gasteiger partial charge in [0.2, 0.25) is 10.0 Å². The highest BCUT2D eigenvalue weighted by Crippen LogP contribution is 2.22. The summed E-state index contributed by atoms with van der Waals surface area (Å²) in [6, 6.07) is 19.1. The molecule has 7 N–H and O–H groups in total. The number of alkyl halides is 6. The summed E-state index contributed by atoms with van der Waals surface area (Å²) in [5.41, 5.74) is 7.21. The van der Waals surface area contributed by atoms with Crippen LogP contribution in [0.5, 0.6) is 11.5 Å². The molecule has 3 aromatic carbocycles. The van der Waals surface area contributed by atoms with Crippen molar-refractivity contribution >= 4 is 39.6 Å². The van der Waals surface area contributed by atoms with E-state index >= 15 is 0 Å². The maximum absolute atomic E-state index is 13.3. The van der Waals surface area contributed by atoms with Crippen LogP contribution in [0.4, 0.5) is 26.3 Å². The molecule has 1 fully saturated rings. The van der Waals surface area contributed by atoms with Crippen molar-refractivity contribution in [3.05, 3.63) is 89.5 Å². The summed E-state index contributed by atoms with van der Waals surface area (Å²) in [6.07, 6.45) is -8.09. The summed E-state index contributed by atoms with van der Waals surface area (Å²) in [7, 11) is -2.72. The van der Waals surface area contributed by atoms with Crippen LogP contribution in [0.15, 0.2) is 77.7 Å². The van der Waals surface area contributed by atoms with Gasteiger partial charge in [-0.1, -0.05) is 24.3 Å². The summed E-state index contributed by atoms with van der Waals surface area (Å²) < 4.78 is 110. The zero-order valence-corrected chi connectivity index (χ0v) is 31.0. The third-order valence-corrected chi connectivity index (χ3v) is 9.15. The number of benzene rings is 3. The number of nitrogens with one attached hydrogen (secondary N) is 3. The second kappa shape index (κ2) is 20.9. The number of hydrogen-bond donors (Lipinski definition) is 6. The van der Waals surface area contributed by atoms with Gasteiger partial charge in [-0.2, -0.15) is 26.3 Å². The first kappa shape index (κ1) is 47.3. The van der Waals surface area contributed by atoms with E-state index in [1.54, 1.807) is 31.2 Å². The van der Waals surface area contributed by atoms with E-state index < -0.39 is 46.3 Å². The molecule has 0 bridgehead atoms. The van der Waals surface area contributed by atoms with Crippen molar-refractivity contribution in [3.63, 3.8) is 0 Å². The van der Waals surface area contributed by atoms with Gasteiger partial charge in [-0.05, 0) is 67.4 Å². The van der Waals surface area contributed by atoms with Crippen molar-refractivity contribution in [1.82, 2.24) is 9.62 Å². The largest absolute Gasteiger partial charge is 0.492 e. The Kier molecular flexibility index (Phi) is 17.3. The third-order valence-electron chi connectivity index (χ3n) is 7.61. The summed E-state index contributed by atoms with van der Waals surface area (Å²) in [4.78, 5) is 31.6. The van der Waals surface area contributed by atoms with E-state index in [1.165, 1.54) is 31.4 Å². The Balaban J connectivity index is 0.000000682. The lowest BCUT2D eigenvalue weighted by molar-refractivity contribution is -0.193. The quantitative estimate of drug-likeness (QED) is 0.0622. The maximum Gasteiger partial charge on any atom is 0.490 e. The highest BCUT2D eigenvalue weighted by molar-refractivity contribution is 7.89. The molecule has 312 valence electrons. The molecule has 0 radical (unpaired) electrons. The van der Waals surface area contributed by atoms with Crippen molar-refractivity contribution in [1.29, 1.82) is 10.8 Å². The number of hydrogen-bond acceptors (Lipinski definition) is 10. The highest BCUT2D eigenvalue weighted by atomic mass is 32.2. The smallest absolute Gasteiger partial charge is 0.490 e. The molecule has 0 saturated carbocycles. The van der Waals surface area contributed by atoms with Gasteiger partial charge < -0.3 is 35.1 Å². The summed E-state index contributed by atoms with van der Waals surface area (Å²) in [6.45, 7) is 3.38. The Hall–Kier alpha value is -5.90. The van der Waals surface area contributed by atoms with Gasteiger partial charge in [-0.3, -0.25) is 10.8 Å². The lowest BCUT2D eigenvalue weighted by Gasteiger charge is -2.32. The second-order valence-corrected chi connectivity index (χ2v) is 13.6. The Morgan fingerprint density at radius 3 is 1.86 bits per heavy atom. The number of halogens is 6. The predicted octanol–water partition coefficient (Wildman–Crippen LogP) is 4.83. The number of carbonyl (C=O) groups is 3. The van der Waals surface area contributed by atoms with Crippen LogP contribution in [0.2, 0.25) is 0 Å². The Morgan fingerprint density at radius 2 is 1.40 bits per heavy atom. The summed E-state index contributed by atoms with van der Waals surface area (Å²) in [5.74, 6) is -4.42. The first-order valence-corrected chi connectivity index (χ1v) is 17.8. The number of sulfonamides is 1. The number of esters is 1. The van der Waals surface area contributed by atoms with Crippen LogP contribution < -0.4 is 19.9 Å². The average molecular weight is 836 g/mol. The van der Waals surface area contributed by atoms with Gasteiger partial charge in [0.05, 0.1) is 29.4 Å². The lowest BCUT2D eigenvalue weighted by atomic mass is 10.1. The topological polar surface area (TPSA) is 242 Å². The van der Waals surface area contributed by atoms with E-state index in [0.29, 0.717) is 23.6 Å². The number of carboxylic acid groups (broad SMARTS) is 2. The molecule has 4 rings (SSSR count). The second-order valence-electron chi connectivity index (χ2n) is 11.9. The number of nitrogens with zero attached hydrogens (tertiary/aromatic N) is 1.